The second kappa shape index (κ2) is 7.89. The molecule has 2 fully saturated rings. The van der Waals surface area contributed by atoms with E-state index in [4.69, 9.17) is 4.74 Å². The summed E-state index contributed by atoms with van der Waals surface area (Å²) in [4.78, 5) is 26.0. The Kier molecular flexibility index (Phi) is 5.61. The molecule has 25 heavy (non-hydrogen) atoms. The largest absolute Gasteiger partial charge is 0.481 e. The number of anilines is 1. The maximum Gasteiger partial charge on any atom is 0.311 e. The first-order valence-electron chi connectivity index (χ1n) is 9.34. The molecular formula is C20H27NO4. The maximum atomic E-state index is 12.6. The van der Waals surface area contributed by atoms with Crippen molar-refractivity contribution in [1.82, 2.24) is 0 Å². The molecule has 1 saturated heterocycles. The molecule has 0 radical (unpaired) electrons. The molecule has 1 aliphatic heterocycles. The Hall–Kier alpha value is -2.04. The number of para-hydroxylation sites is 2. The Morgan fingerprint density at radius 1 is 1.00 bits per heavy atom. The number of aliphatic carboxylic acids is 1. The third-order valence-electron chi connectivity index (χ3n) is 5.50. The topological polar surface area (TPSA) is 66.8 Å². The number of carbonyl (C=O) groups excluding carboxylic acids is 1. The number of ether oxygens (including phenoxy) is 1. The molecular weight excluding hydrogens is 318 g/mol. The molecule has 136 valence electrons. The van der Waals surface area contributed by atoms with Gasteiger partial charge in [0.15, 0.2) is 5.75 Å². The van der Waals surface area contributed by atoms with Gasteiger partial charge in [0.05, 0.1) is 18.5 Å². The van der Waals surface area contributed by atoms with E-state index >= 15 is 0 Å². The first-order valence-corrected chi connectivity index (χ1v) is 9.34. The minimum absolute atomic E-state index is 0.0515. The molecule has 0 unspecified atom stereocenters. The lowest BCUT2D eigenvalue weighted by Crippen LogP contribution is -2.30. The van der Waals surface area contributed by atoms with Crippen LogP contribution >= 0.6 is 0 Å². The van der Waals surface area contributed by atoms with E-state index in [2.05, 4.69) is 4.90 Å². The van der Waals surface area contributed by atoms with Gasteiger partial charge in [0.2, 0.25) is 0 Å². The van der Waals surface area contributed by atoms with Crippen molar-refractivity contribution in [2.24, 2.45) is 5.41 Å². The van der Waals surface area contributed by atoms with Gasteiger partial charge >= 0.3 is 11.9 Å². The van der Waals surface area contributed by atoms with Gasteiger partial charge in [0.1, 0.15) is 0 Å². The highest BCUT2D eigenvalue weighted by Gasteiger charge is 2.38. The Labute approximate surface area is 149 Å². The number of piperidine rings is 1. The first kappa shape index (κ1) is 17.8. The summed E-state index contributed by atoms with van der Waals surface area (Å²) >= 11 is 0. The Morgan fingerprint density at radius 2 is 1.68 bits per heavy atom. The van der Waals surface area contributed by atoms with Crippen LogP contribution in [0, 0.1) is 5.41 Å². The highest BCUT2D eigenvalue weighted by molar-refractivity contribution is 5.77. The molecule has 2 aliphatic rings. The number of carboxylic acid groups (broad SMARTS) is 1. The average molecular weight is 345 g/mol. The Balaban J connectivity index is 1.69. The number of hydrogen-bond donors (Lipinski definition) is 1. The van der Waals surface area contributed by atoms with E-state index in [9.17, 15) is 14.7 Å². The highest BCUT2D eigenvalue weighted by atomic mass is 16.5. The van der Waals surface area contributed by atoms with Crippen LogP contribution in [0.5, 0.6) is 5.75 Å². The van der Waals surface area contributed by atoms with E-state index in [-0.39, 0.29) is 18.8 Å². The summed E-state index contributed by atoms with van der Waals surface area (Å²) in [5.41, 5.74) is 0.539. The van der Waals surface area contributed by atoms with Gasteiger partial charge in [-0.25, -0.2) is 0 Å². The fourth-order valence-corrected chi connectivity index (χ4v) is 4.27. The van der Waals surface area contributed by atoms with Crippen LogP contribution in [0.1, 0.15) is 57.8 Å². The van der Waals surface area contributed by atoms with Gasteiger partial charge in [-0.2, -0.15) is 0 Å². The molecule has 3 rings (SSSR count). The SMILES string of the molecule is O=C(O)CC1(CC(=O)Oc2ccccc2N2CCCCC2)CCCC1. The average Bonchev–Trinajstić information content (AvgIpc) is 3.03. The summed E-state index contributed by atoms with van der Waals surface area (Å²) in [5.74, 6) is -0.547. The quantitative estimate of drug-likeness (QED) is 0.623. The van der Waals surface area contributed by atoms with Gasteiger partial charge in [0, 0.05) is 13.1 Å². The third-order valence-corrected chi connectivity index (χ3v) is 5.50. The van der Waals surface area contributed by atoms with Crippen molar-refractivity contribution >= 4 is 17.6 Å². The van der Waals surface area contributed by atoms with E-state index in [0.29, 0.717) is 5.75 Å². The molecule has 0 aromatic heterocycles. The summed E-state index contributed by atoms with van der Waals surface area (Å²) < 4.78 is 5.69. The smallest absolute Gasteiger partial charge is 0.311 e. The number of rotatable bonds is 6. The summed E-state index contributed by atoms with van der Waals surface area (Å²) in [7, 11) is 0. The number of carbonyl (C=O) groups is 2. The van der Waals surface area contributed by atoms with Gasteiger partial charge in [0.25, 0.3) is 0 Å². The first-order chi connectivity index (χ1) is 12.1. The van der Waals surface area contributed by atoms with Gasteiger partial charge < -0.3 is 14.7 Å². The second-order valence-electron chi connectivity index (χ2n) is 7.44. The van der Waals surface area contributed by atoms with Crippen molar-refractivity contribution in [2.75, 3.05) is 18.0 Å². The van der Waals surface area contributed by atoms with Crippen LogP contribution < -0.4 is 9.64 Å². The Bertz CT molecular complexity index is 616. The zero-order valence-corrected chi connectivity index (χ0v) is 14.7. The summed E-state index contributed by atoms with van der Waals surface area (Å²) in [6, 6.07) is 7.67. The molecule has 5 nitrogen and oxygen atoms in total. The fraction of sp³-hybridized carbons (Fsp3) is 0.600. The van der Waals surface area contributed by atoms with Crippen molar-refractivity contribution < 1.29 is 19.4 Å². The zero-order valence-electron chi connectivity index (χ0n) is 14.7. The van der Waals surface area contributed by atoms with Gasteiger partial charge in [-0.05, 0) is 49.7 Å². The Morgan fingerprint density at radius 3 is 2.36 bits per heavy atom. The highest BCUT2D eigenvalue weighted by Crippen LogP contribution is 2.44. The number of carboxylic acids is 1. The minimum atomic E-state index is -0.830. The normalized spacial score (nSPS) is 19.6. The summed E-state index contributed by atoms with van der Waals surface area (Å²) in [6.45, 7) is 1.97. The standard InChI is InChI=1S/C20H27NO4/c22-18(23)14-20(10-4-5-11-20)15-19(24)25-17-9-3-2-8-16(17)21-12-6-1-7-13-21/h2-3,8-9H,1,4-7,10-15H2,(H,22,23). The predicted octanol–water partition coefficient (Wildman–Crippen LogP) is 4.01. The molecule has 5 heteroatoms. The van der Waals surface area contributed by atoms with Crippen LogP contribution in [0.2, 0.25) is 0 Å². The molecule has 0 amide bonds. The van der Waals surface area contributed by atoms with Crippen molar-refractivity contribution in [2.45, 2.75) is 57.8 Å². The van der Waals surface area contributed by atoms with Crippen LogP contribution in [-0.4, -0.2) is 30.1 Å². The van der Waals surface area contributed by atoms with Crippen molar-refractivity contribution in [3.63, 3.8) is 0 Å². The van der Waals surface area contributed by atoms with Crippen LogP contribution in [0.15, 0.2) is 24.3 Å². The van der Waals surface area contributed by atoms with Crippen molar-refractivity contribution in [1.29, 1.82) is 0 Å². The molecule has 1 aromatic rings. The second-order valence-corrected chi connectivity index (χ2v) is 7.44. The van der Waals surface area contributed by atoms with Crippen LogP contribution in [-0.2, 0) is 9.59 Å². The van der Waals surface area contributed by atoms with E-state index < -0.39 is 11.4 Å². The monoisotopic (exact) mass is 345 g/mol. The van der Waals surface area contributed by atoms with Crippen LogP contribution in [0.4, 0.5) is 5.69 Å². The van der Waals surface area contributed by atoms with E-state index in [0.717, 1.165) is 57.3 Å². The van der Waals surface area contributed by atoms with E-state index in [1.807, 2.05) is 24.3 Å². The number of nitrogens with zero attached hydrogens (tertiary/aromatic N) is 1. The molecule has 0 atom stereocenters. The van der Waals surface area contributed by atoms with Crippen molar-refractivity contribution in [3.05, 3.63) is 24.3 Å². The lowest BCUT2D eigenvalue weighted by Gasteiger charge is -2.30. The molecule has 1 aromatic carbocycles. The molecule has 1 heterocycles. The van der Waals surface area contributed by atoms with Crippen LogP contribution in [0.25, 0.3) is 0 Å². The molecule has 1 aliphatic carbocycles. The molecule has 1 N–H and O–H groups in total. The van der Waals surface area contributed by atoms with Crippen LogP contribution in [0.3, 0.4) is 0 Å². The maximum absolute atomic E-state index is 12.6. The lowest BCUT2D eigenvalue weighted by atomic mass is 9.79. The third kappa shape index (κ3) is 4.53. The van der Waals surface area contributed by atoms with Crippen molar-refractivity contribution in [3.8, 4) is 5.75 Å². The van der Waals surface area contributed by atoms with Gasteiger partial charge in [-0.15, -0.1) is 0 Å². The lowest BCUT2D eigenvalue weighted by molar-refractivity contribution is -0.142. The fourth-order valence-electron chi connectivity index (χ4n) is 4.27. The van der Waals surface area contributed by atoms with Gasteiger partial charge in [-0.3, -0.25) is 9.59 Å². The predicted molar refractivity (Wildman–Crippen MR) is 95.9 cm³/mol. The number of esters is 1. The summed E-state index contributed by atoms with van der Waals surface area (Å²) in [6.07, 6.45) is 7.37. The number of benzene rings is 1. The molecule has 1 saturated carbocycles. The van der Waals surface area contributed by atoms with E-state index in [1.165, 1.54) is 6.42 Å². The number of hydrogen-bond acceptors (Lipinski definition) is 4. The van der Waals surface area contributed by atoms with Gasteiger partial charge in [-0.1, -0.05) is 25.0 Å². The molecule has 0 bridgehead atoms. The molecule has 0 spiro atoms. The van der Waals surface area contributed by atoms with E-state index in [1.54, 1.807) is 0 Å². The summed E-state index contributed by atoms with van der Waals surface area (Å²) in [5, 5.41) is 9.20. The zero-order chi connectivity index (χ0) is 17.7. The minimum Gasteiger partial charge on any atom is -0.481 e.